The molecule has 1 aromatic heterocycles. The summed E-state index contributed by atoms with van der Waals surface area (Å²) in [7, 11) is 0. The lowest BCUT2D eigenvalue weighted by molar-refractivity contribution is 0.296. The second-order valence-corrected chi connectivity index (χ2v) is 5.68. The van der Waals surface area contributed by atoms with Crippen LogP contribution in [0.25, 0.3) is 0 Å². The molecule has 2 rings (SSSR count). The van der Waals surface area contributed by atoms with E-state index in [1.54, 1.807) is 6.20 Å². The third-order valence-corrected chi connectivity index (χ3v) is 3.62. The number of nitrogens with one attached hydrogen (secondary N) is 1. The van der Waals surface area contributed by atoms with Gasteiger partial charge in [0, 0.05) is 18.8 Å². The van der Waals surface area contributed by atoms with Gasteiger partial charge in [-0.15, -0.1) is 0 Å². The van der Waals surface area contributed by atoms with Crippen LogP contribution in [0.5, 0.6) is 11.6 Å². The first kappa shape index (κ1) is 17.9. The molecular formula is C17H20Cl2N2O2. The van der Waals surface area contributed by atoms with Gasteiger partial charge in [-0.25, -0.2) is 4.98 Å². The van der Waals surface area contributed by atoms with Crippen LogP contribution in [0.3, 0.4) is 0 Å². The highest BCUT2D eigenvalue weighted by Crippen LogP contribution is 2.34. The third-order valence-electron chi connectivity index (χ3n) is 3.06. The highest BCUT2D eigenvalue weighted by atomic mass is 35.5. The Balaban J connectivity index is 1.70. The van der Waals surface area contributed by atoms with Crippen LogP contribution in [-0.4, -0.2) is 24.7 Å². The minimum atomic E-state index is 0.535. The van der Waals surface area contributed by atoms with Gasteiger partial charge in [0.15, 0.2) is 5.75 Å². The number of hydrogen-bond acceptors (Lipinski definition) is 4. The molecule has 0 unspecified atom stereocenters. The molecule has 0 amide bonds. The van der Waals surface area contributed by atoms with E-state index in [0.717, 1.165) is 18.5 Å². The molecule has 0 fully saturated rings. The number of ether oxygens (including phenoxy) is 2. The van der Waals surface area contributed by atoms with Gasteiger partial charge in [-0.3, -0.25) is 0 Å². The van der Waals surface area contributed by atoms with E-state index in [2.05, 4.69) is 10.3 Å². The summed E-state index contributed by atoms with van der Waals surface area (Å²) in [6.07, 6.45) is 2.60. The molecule has 1 heterocycles. The maximum atomic E-state index is 6.18. The zero-order chi connectivity index (χ0) is 16.5. The van der Waals surface area contributed by atoms with Gasteiger partial charge in [0.1, 0.15) is 0 Å². The number of benzene rings is 1. The molecule has 0 saturated carbocycles. The summed E-state index contributed by atoms with van der Waals surface area (Å²) >= 11 is 12.4. The zero-order valence-electron chi connectivity index (χ0n) is 13.0. The Labute approximate surface area is 146 Å². The highest BCUT2D eigenvalue weighted by Gasteiger charge is 2.09. The van der Waals surface area contributed by atoms with E-state index in [1.807, 2.05) is 37.3 Å². The second-order valence-electron chi connectivity index (χ2n) is 4.87. The van der Waals surface area contributed by atoms with Crippen molar-refractivity contribution in [1.82, 2.24) is 10.3 Å². The summed E-state index contributed by atoms with van der Waals surface area (Å²) in [5.74, 6) is 1.20. The van der Waals surface area contributed by atoms with E-state index in [-0.39, 0.29) is 0 Å². The summed E-state index contributed by atoms with van der Waals surface area (Å²) in [6, 6.07) is 9.35. The molecule has 2 aromatic rings. The van der Waals surface area contributed by atoms with Crippen molar-refractivity contribution in [2.24, 2.45) is 0 Å². The van der Waals surface area contributed by atoms with Crippen LogP contribution in [0.2, 0.25) is 10.0 Å². The van der Waals surface area contributed by atoms with Crippen molar-refractivity contribution in [3.63, 3.8) is 0 Å². The van der Waals surface area contributed by atoms with Crippen LogP contribution in [0.15, 0.2) is 36.5 Å². The fourth-order valence-corrected chi connectivity index (χ4v) is 2.68. The average Bonchev–Trinajstić information content (AvgIpc) is 2.55. The first-order valence-corrected chi connectivity index (χ1v) is 8.31. The highest BCUT2D eigenvalue weighted by molar-refractivity contribution is 6.37. The molecule has 0 bridgehead atoms. The molecule has 4 nitrogen and oxygen atoms in total. The minimum absolute atomic E-state index is 0.535. The number of aromatic nitrogens is 1. The van der Waals surface area contributed by atoms with E-state index in [9.17, 15) is 0 Å². The van der Waals surface area contributed by atoms with Crippen LogP contribution >= 0.6 is 23.2 Å². The Hall–Kier alpha value is -1.49. The summed E-state index contributed by atoms with van der Waals surface area (Å²) in [5, 5.41) is 4.41. The van der Waals surface area contributed by atoms with Crippen molar-refractivity contribution in [2.45, 2.75) is 19.9 Å². The fraction of sp³-hybridized carbons (Fsp3) is 0.353. The molecule has 0 radical (unpaired) electrons. The monoisotopic (exact) mass is 354 g/mol. The van der Waals surface area contributed by atoms with E-state index in [1.165, 1.54) is 0 Å². The normalized spacial score (nSPS) is 10.6. The Morgan fingerprint density at radius 1 is 1.13 bits per heavy atom. The quantitative estimate of drug-likeness (QED) is 0.680. The van der Waals surface area contributed by atoms with Gasteiger partial charge >= 0.3 is 0 Å². The van der Waals surface area contributed by atoms with Crippen molar-refractivity contribution in [3.05, 3.63) is 52.1 Å². The van der Waals surface area contributed by atoms with E-state index in [4.69, 9.17) is 32.7 Å². The fourth-order valence-electron chi connectivity index (χ4n) is 2.04. The van der Waals surface area contributed by atoms with Crippen molar-refractivity contribution in [2.75, 3.05) is 19.8 Å². The van der Waals surface area contributed by atoms with Gasteiger partial charge in [-0.1, -0.05) is 29.3 Å². The summed E-state index contributed by atoms with van der Waals surface area (Å²) in [5.41, 5.74) is 1.02. The van der Waals surface area contributed by atoms with E-state index >= 15 is 0 Å². The van der Waals surface area contributed by atoms with E-state index in [0.29, 0.717) is 41.4 Å². The first-order valence-electron chi connectivity index (χ1n) is 7.56. The van der Waals surface area contributed by atoms with Gasteiger partial charge in [-0.05, 0) is 43.7 Å². The second kappa shape index (κ2) is 9.60. The van der Waals surface area contributed by atoms with Crippen LogP contribution in [0.4, 0.5) is 0 Å². The lowest BCUT2D eigenvalue weighted by Gasteiger charge is -2.11. The zero-order valence-corrected chi connectivity index (χ0v) is 14.5. The molecular weight excluding hydrogens is 335 g/mol. The first-order chi connectivity index (χ1) is 11.2. The van der Waals surface area contributed by atoms with Gasteiger partial charge in [-0.2, -0.15) is 0 Å². The minimum Gasteiger partial charge on any atom is -0.491 e. The molecule has 0 aliphatic heterocycles. The number of halogens is 2. The molecule has 0 aliphatic rings. The maximum Gasteiger partial charge on any atom is 0.213 e. The van der Waals surface area contributed by atoms with Crippen LogP contribution in [0, 0.1) is 0 Å². The predicted molar refractivity (Wildman–Crippen MR) is 93.7 cm³/mol. The third kappa shape index (κ3) is 5.90. The Kier molecular flexibility index (Phi) is 7.46. The van der Waals surface area contributed by atoms with Crippen LogP contribution in [-0.2, 0) is 6.54 Å². The van der Waals surface area contributed by atoms with E-state index < -0.39 is 0 Å². The van der Waals surface area contributed by atoms with Crippen LogP contribution in [0.1, 0.15) is 18.9 Å². The number of rotatable bonds is 9. The van der Waals surface area contributed by atoms with Crippen molar-refractivity contribution >= 4 is 23.2 Å². The largest absolute Gasteiger partial charge is 0.491 e. The summed E-state index contributed by atoms with van der Waals surface area (Å²) in [4.78, 5) is 4.10. The average molecular weight is 355 g/mol. The number of nitrogens with zero attached hydrogens (tertiary/aromatic N) is 1. The summed E-state index contributed by atoms with van der Waals surface area (Å²) in [6.45, 7) is 4.57. The molecule has 0 saturated heterocycles. The predicted octanol–water partition coefficient (Wildman–Crippen LogP) is 4.35. The van der Waals surface area contributed by atoms with Crippen LogP contribution < -0.4 is 14.8 Å². The van der Waals surface area contributed by atoms with Crippen molar-refractivity contribution in [3.8, 4) is 11.6 Å². The molecule has 6 heteroatoms. The molecule has 124 valence electrons. The summed E-state index contributed by atoms with van der Waals surface area (Å²) < 4.78 is 10.9. The Bertz CT molecular complexity index is 586. The van der Waals surface area contributed by atoms with Crippen molar-refractivity contribution in [1.29, 1.82) is 0 Å². The lowest BCUT2D eigenvalue weighted by Crippen LogP contribution is -2.17. The topological polar surface area (TPSA) is 43.4 Å². The number of pyridine rings is 1. The van der Waals surface area contributed by atoms with Gasteiger partial charge in [0.05, 0.1) is 23.3 Å². The molecule has 0 atom stereocenters. The van der Waals surface area contributed by atoms with Gasteiger partial charge < -0.3 is 14.8 Å². The molecule has 0 spiro atoms. The Morgan fingerprint density at radius 3 is 2.57 bits per heavy atom. The van der Waals surface area contributed by atoms with Gasteiger partial charge in [0.25, 0.3) is 0 Å². The Morgan fingerprint density at radius 2 is 1.91 bits per heavy atom. The molecule has 0 aliphatic carbocycles. The molecule has 1 N–H and O–H groups in total. The lowest BCUT2D eigenvalue weighted by atomic mass is 10.2. The van der Waals surface area contributed by atoms with Crippen molar-refractivity contribution < 1.29 is 9.47 Å². The SMILES string of the molecule is CCOc1c(Cl)cc(CNCCCOc2ccccn2)cc1Cl. The number of hydrogen-bond donors (Lipinski definition) is 1. The van der Waals surface area contributed by atoms with Gasteiger partial charge in [0.2, 0.25) is 5.88 Å². The smallest absolute Gasteiger partial charge is 0.213 e. The molecule has 23 heavy (non-hydrogen) atoms. The maximum absolute atomic E-state index is 6.18. The molecule has 1 aromatic carbocycles. The standard InChI is InChI=1S/C17H20Cl2N2O2/c1-2-22-17-14(18)10-13(11-15(17)19)12-20-7-5-9-23-16-6-3-4-8-21-16/h3-4,6,8,10-11,20H,2,5,7,9,12H2,1H3.